The highest BCUT2D eigenvalue weighted by atomic mass is 16.7. The lowest BCUT2D eigenvalue weighted by molar-refractivity contribution is 0.00578. The topological polar surface area (TPSA) is 43.5 Å². The zero-order chi connectivity index (χ0) is 16.1. The van der Waals surface area contributed by atoms with Gasteiger partial charge in [0.1, 0.15) is 5.75 Å². The number of aromatic amines is 1. The van der Waals surface area contributed by atoms with Crippen LogP contribution in [0.2, 0.25) is 0 Å². The van der Waals surface area contributed by atoms with Crippen LogP contribution < -0.4 is 10.3 Å². The molecule has 1 aromatic carbocycles. The number of aromatic nitrogens is 1. The average molecular weight is 301 g/mol. The molecule has 2 heterocycles. The molecule has 1 aromatic heterocycles. The van der Waals surface area contributed by atoms with Crippen molar-refractivity contribution in [3.05, 3.63) is 24.3 Å². The summed E-state index contributed by atoms with van der Waals surface area (Å²) < 4.78 is 18.1. The van der Waals surface area contributed by atoms with Gasteiger partial charge in [0, 0.05) is 11.0 Å². The second-order valence-electron chi connectivity index (χ2n) is 7.20. The first-order valence-corrected chi connectivity index (χ1v) is 7.83. The standard InChI is InChI=1S/C17H24BNO3/c1-11(2)20-13-9-7-8-12-10-14(19-15(12)13)18-21-16(3,4)17(5,6)22-18/h7-11,19H,1-6H3. The van der Waals surface area contributed by atoms with Gasteiger partial charge in [-0.15, -0.1) is 0 Å². The maximum atomic E-state index is 6.11. The molecule has 3 rings (SSSR count). The third-order valence-corrected chi connectivity index (χ3v) is 4.51. The van der Waals surface area contributed by atoms with Gasteiger partial charge < -0.3 is 19.0 Å². The van der Waals surface area contributed by atoms with Crippen LogP contribution in [0.15, 0.2) is 24.3 Å². The summed E-state index contributed by atoms with van der Waals surface area (Å²) in [5.74, 6) is 0.857. The fraction of sp³-hybridized carbons (Fsp3) is 0.529. The van der Waals surface area contributed by atoms with Crippen LogP contribution in [0.1, 0.15) is 41.5 Å². The van der Waals surface area contributed by atoms with E-state index in [4.69, 9.17) is 14.0 Å². The van der Waals surface area contributed by atoms with Crippen LogP contribution in [0.5, 0.6) is 5.75 Å². The molecule has 1 aliphatic rings. The molecular formula is C17H24BNO3. The Morgan fingerprint density at radius 1 is 1.09 bits per heavy atom. The Kier molecular flexibility index (Phi) is 3.53. The van der Waals surface area contributed by atoms with Crippen LogP contribution in [0.3, 0.4) is 0 Å². The summed E-state index contributed by atoms with van der Waals surface area (Å²) in [6.45, 7) is 12.3. The highest BCUT2D eigenvalue weighted by Crippen LogP contribution is 2.36. The van der Waals surface area contributed by atoms with E-state index < -0.39 is 0 Å². The van der Waals surface area contributed by atoms with Crippen molar-refractivity contribution in [1.29, 1.82) is 0 Å². The van der Waals surface area contributed by atoms with Gasteiger partial charge in [-0.3, -0.25) is 0 Å². The molecule has 0 amide bonds. The van der Waals surface area contributed by atoms with E-state index >= 15 is 0 Å². The molecule has 1 N–H and O–H groups in total. The van der Waals surface area contributed by atoms with Crippen LogP contribution in [0.25, 0.3) is 10.9 Å². The lowest BCUT2D eigenvalue weighted by atomic mass is 9.85. The quantitative estimate of drug-likeness (QED) is 0.885. The van der Waals surface area contributed by atoms with Crippen LogP contribution in [0, 0.1) is 0 Å². The van der Waals surface area contributed by atoms with Crippen molar-refractivity contribution in [2.45, 2.75) is 58.8 Å². The Balaban J connectivity index is 1.97. The van der Waals surface area contributed by atoms with E-state index in [0.29, 0.717) is 0 Å². The van der Waals surface area contributed by atoms with Gasteiger partial charge in [-0.25, -0.2) is 0 Å². The van der Waals surface area contributed by atoms with Gasteiger partial charge in [0.05, 0.1) is 22.8 Å². The van der Waals surface area contributed by atoms with Crippen LogP contribution in [-0.2, 0) is 9.31 Å². The van der Waals surface area contributed by atoms with E-state index in [0.717, 1.165) is 22.2 Å². The van der Waals surface area contributed by atoms with E-state index in [1.807, 2.05) is 26.0 Å². The summed E-state index contributed by atoms with van der Waals surface area (Å²) in [6, 6.07) is 8.12. The predicted octanol–water partition coefficient (Wildman–Crippen LogP) is 3.25. The van der Waals surface area contributed by atoms with Crippen molar-refractivity contribution in [3.63, 3.8) is 0 Å². The number of nitrogens with one attached hydrogen (secondary N) is 1. The molecule has 4 nitrogen and oxygen atoms in total. The minimum Gasteiger partial charge on any atom is -0.489 e. The molecule has 0 aliphatic carbocycles. The molecule has 0 radical (unpaired) electrons. The lowest BCUT2D eigenvalue weighted by Crippen LogP contribution is -2.41. The Morgan fingerprint density at radius 3 is 2.32 bits per heavy atom. The van der Waals surface area contributed by atoms with Gasteiger partial charge in [0.25, 0.3) is 0 Å². The summed E-state index contributed by atoms with van der Waals surface area (Å²) in [6.07, 6.45) is 0.134. The minimum atomic E-state index is -0.385. The Labute approximate surface area is 132 Å². The highest BCUT2D eigenvalue weighted by Gasteiger charge is 2.52. The smallest absolute Gasteiger partial charge is 0.489 e. The number of ether oxygens (including phenoxy) is 1. The first kappa shape index (κ1) is 15.4. The van der Waals surface area contributed by atoms with Gasteiger partial charge in [-0.1, -0.05) is 12.1 Å². The number of benzene rings is 1. The average Bonchev–Trinajstić information content (AvgIpc) is 2.89. The molecule has 0 spiro atoms. The third-order valence-electron chi connectivity index (χ3n) is 4.51. The molecule has 1 saturated heterocycles. The first-order chi connectivity index (χ1) is 10.2. The first-order valence-electron chi connectivity index (χ1n) is 7.83. The van der Waals surface area contributed by atoms with Crippen molar-refractivity contribution < 1.29 is 14.0 Å². The SMILES string of the molecule is CC(C)Oc1cccc2cc(B3OC(C)(C)C(C)(C)O3)[nH]c12. The van der Waals surface area contributed by atoms with Crippen LogP contribution in [-0.4, -0.2) is 29.4 Å². The number of hydrogen-bond acceptors (Lipinski definition) is 3. The van der Waals surface area contributed by atoms with Crippen molar-refractivity contribution in [3.8, 4) is 5.75 Å². The van der Waals surface area contributed by atoms with Crippen LogP contribution in [0.4, 0.5) is 0 Å². The molecule has 0 atom stereocenters. The Hall–Kier alpha value is -1.46. The highest BCUT2D eigenvalue weighted by molar-refractivity contribution is 6.61. The maximum absolute atomic E-state index is 6.11. The summed E-state index contributed by atoms with van der Waals surface area (Å²) in [4.78, 5) is 3.41. The molecule has 2 aromatic rings. The number of rotatable bonds is 3. The second-order valence-corrected chi connectivity index (χ2v) is 7.20. The number of fused-ring (bicyclic) bond motifs is 1. The normalized spacial score (nSPS) is 20.0. The van der Waals surface area contributed by atoms with Crippen molar-refractivity contribution in [2.24, 2.45) is 0 Å². The molecule has 118 valence electrons. The van der Waals surface area contributed by atoms with Crippen molar-refractivity contribution >= 4 is 23.6 Å². The fourth-order valence-electron chi connectivity index (χ4n) is 2.60. The largest absolute Gasteiger partial charge is 0.512 e. The molecule has 22 heavy (non-hydrogen) atoms. The van der Waals surface area contributed by atoms with E-state index in [1.54, 1.807) is 0 Å². The zero-order valence-corrected chi connectivity index (χ0v) is 14.2. The van der Waals surface area contributed by atoms with Gasteiger partial charge in [0.15, 0.2) is 0 Å². The predicted molar refractivity (Wildman–Crippen MR) is 89.8 cm³/mol. The van der Waals surface area contributed by atoms with Gasteiger partial charge in [-0.05, 0) is 53.7 Å². The summed E-state index contributed by atoms with van der Waals surface area (Å²) in [5, 5.41) is 1.10. The van der Waals surface area contributed by atoms with Gasteiger partial charge in [0.2, 0.25) is 0 Å². The summed E-state index contributed by atoms with van der Waals surface area (Å²) >= 11 is 0. The van der Waals surface area contributed by atoms with E-state index in [-0.39, 0.29) is 24.4 Å². The number of H-pyrrole nitrogens is 1. The molecule has 0 bridgehead atoms. The molecule has 1 fully saturated rings. The Morgan fingerprint density at radius 2 is 1.73 bits per heavy atom. The van der Waals surface area contributed by atoms with E-state index in [9.17, 15) is 0 Å². The van der Waals surface area contributed by atoms with E-state index in [2.05, 4.69) is 44.8 Å². The molecular weight excluding hydrogens is 277 g/mol. The lowest BCUT2D eigenvalue weighted by Gasteiger charge is -2.32. The molecule has 0 unspecified atom stereocenters. The fourth-order valence-corrected chi connectivity index (χ4v) is 2.60. The monoisotopic (exact) mass is 301 g/mol. The van der Waals surface area contributed by atoms with Gasteiger partial charge >= 0.3 is 7.12 Å². The zero-order valence-electron chi connectivity index (χ0n) is 14.2. The molecule has 1 aliphatic heterocycles. The van der Waals surface area contributed by atoms with E-state index in [1.165, 1.54) is 0 Å². The van der Waals surface area contributed by atoms with Crippen LogP contribution >= 0.6 is 0 Å². The van der Waals surface area contributed by atoms with Crippen molar-refractivity contribution in [2.75, 3.05) is 0 Å². The number of hydrogen-bond donors (Lipinski definition) is 1. The third kappa shape index (κ3) is 2.53. The Bertz CT molecular complexity index is 674. The summed E-state index contributed by atoms with van der Waals surface area (Å²) in [7, 11) is -0.385. The number of para-hydroxylation sites is 1. The minimum absolute atomic E-state index is 0.134. The molecule has 5 heteroatoms. The molecule has 0 saturated carbocycles. The second kappa shape index (κ2) is 5.03. The maximum Gasteiger partial charge on any atom is 0.512 e. The summed E-state index contributed by atoms with van der Waals surface area (Å²) in [5.41, 5.74) is 1.23. The van der Waals surface area contributed by atoms with Crippen molar-refractivity contribution in [1.82, 2.24) is 4.98 Å². The van der Waals surface area contributed by atoms with Gasteiger partial charge in [-0.2, -0.15) is 0 Å².